The SMILES string of the molecule is CCCNc1nc(C)nc(NC(CO)(CO)CO)c1C. The molecule has 0 unspecified atom stereocenters. The zero-order chi connectivity index (χ0) is 15.2. The number of nitrogens with one attached hydrogen (secondary N) is 2. The molecule has 0 amide bonds. The molecule has 0 atom stereocenters. The molecule has 0 aliphatic heterocycles. The number of aliphatic hydroxyl groups excluding tert-OH is 3. The van der Waals surface area contributed by atoms with Gasteiger partial charge in [0, 0.05) is 12.1 Å². The van der Waals surface area contributed by atoms with E-state index in [-0.39, 0.29) is 0 Å². The van der Waals surface area contributed by atoms with Gasteiger partial charge in [-0.1, -0.05) is 6.92 Å². The van der Waals surface area contributed by atoms with Gasteiger partial charge in [-0.05, 0) is 20.3 Å². The second kappa shape index (κ2) is 7.37. The highest BCUT2D eigenvalue weighted by atomic mass is 16.3. The normalized spacial score (nSPS) is 11.5. The van der Waals surface area contributed by atoms with Gasteiger partial charge in [-0.2, -0.15) is 0 Å². The molecule has 1 aromatic rings. The minimum Gasteiger partial charge on any atom is -0.394 e. The Bertz CT molecular complexity index is 428. The summed E-state index contributed by atoms with van der Waals surface area (Å²) in [5.74, 6) is 1.78. The smallest absolute Gasteiger partial charge is 0.135 e. The fourth-order valence-electron chi connectivity index (χ4n) is 1.69. The van der Waals surface area contributed by atoms with Gasteiger partial charge in [-0.3, -0.25) is 0 Å². The van der Waals surface area contributed by atoms with Gasteiger partial charge in [0.1, 0.15) is 23.0 Å². The molecule has 0 bridgehead atoms. The van der Waals surface area contributed by atoms with Crippen molar-refractivity contribution in [3.63, 3.8) is 0 Å². The van der Waals surface area contributed by atoms with Crippen LogP contribution in [0.4, 0.5) is 11.6 Å². The van der Waals surface area contributed by atoms with Crippen LogP contribution in [-0.2, 0) is 0 Å². The van der Waals surface area contributed by atoms with Crippen molar-refractivity contribution in [2.75, 3.05) is 37.0 Å². The van der Waals surface area contributed by atoms with Gasteiger partial charge in [-0.25, -0.2) is 9.97 Å². The van der Waals surface area contributed by atoms with Crippen LogP contribution in [0.25, 0.3) is 0 Å². The zero-order valence-electron chi connectivity index (χ0n) is 12.3. The number of anilines is 2. The monoisotopic (exact) mass is 284 g/mol. The Hall–Kier alpha value is -1.44. The van der Waals surface area contributed by atoms with E-state index in [2.05, 4.69) is 27.5 Å². The van der Waals surface area contributed by atoms with E-state index in [4.69, 9.17) is 0 Å². The lowest BCUT2D eigenvalue weighted by Gasteiger charge is -2.30. The first-order valence-electron chi connectivity index (χ1n) is 6.71. The number of aryl methyl sites for hydroxylation is 1. The quantitative estimate of drug-likeness (QED) is 0.458. The molecule has 5 N–H and O–H groups in total. The van der Waals surface area contributed by atoms with E-state index in [0.717, 1.165) is 18.5 Å². The summed E-state index contributed by atoms with van der Waals surface area (Å²) in [6.45, 7) is 5.25. The summed E-state index contributed by atoms with van der Waals surface area (Å²) in [6.07, 6.45) is 0.971. The summed E-state index contributed by atoms with van der Waals surface area (Å²) in [5, 5.41) is 34.2. The number of rotatable bonds is 8. The van der Waals surface area contributed by atoms with E-state index in [1.807, 2.05) is 6.92 Å². The Morgan fingerprint density at radius 2 is 1.55 bits per heavy atom. The maximum atomic E-state index is 9.37. The van der Waals surface area contributed by atoms with Crippen molar-refractivity contribution in [3.8, 4) is 0 Å². The van der Waals surface area contributed by atoms with Crippen LogP contribution < -0.4 is 10.6 Å². The number of hydrogen-bond acceptors (Lipinski definition) is 7. The van der Waals surface area contributed by atoms with Gasteiger partial charge >= 0.3 is 0 Å². The predicted molar refractivity (Wildman–Crippen MR) is 77.9 cm³/mol. The van der Waals surface area contributed by atoms with Gasteiger partial charge in [0.25, 0.3) is 0 Å². The zero-order valence-corrected chi connectivity index (χ0v) is 12.3. The molecule has 0 radical (unpaired) electrons. The second-order valence-corrected chi connectivity index (χ2v) is 4.90. The summed E-state index contributed by atoms with van der Waals surface area (Å²) < 4.78 is 0. The van der Waals surface area contributed by atoms with Gasteiger partial charge in [-0.15, -0.1) is 0 Å². The van der Waals surface area contributed by atoms with Crippen LogP contribution in [0.15, 0.2) is 0 Å². The highest BCUT2D eigenvalue weighted by Crippen LogP contribution is 2.23. The Morgan fingerprint density at radius 3 is 2.05 bits per heavy atom. The molecule has 0 aromatic carbocycles. The largest absolute Gasteiger partial charge is 0.394 e. The minimum atomic E-state index is -1.20. The Labute approximate surface area is 119 Å². The first-order chi connectivity index (χ1) is 9.51. The predicted octanol–water partition coefficient (Wildman–Crippen LogP) is 0.0429. The molecule has 7 nitrogen and oxygen atoms in total. The van der Waals surface area contributed by atoms with E-state index < -0.39 is 25.4 Å². The first-order valence-corrected chi connectivity index (χ1v) is 6.71. The molecule has 0 saturated heterocycles. The number of aromatic nitrogens is 2. The Kier molecular flexibility index (Phi) is 6.12. The molecule has 7 heteroatoms. The highest BCUT2D eigenvalue weighted by molar-refractivity contribution is 5.58. The lowest BCUT2D eigenvalue weighted by atomic mass is 10.0. The van der Waals surface area contributed by atoms with E-state index in [1.165, 1.54) is 0 Å². The van der Waals surface area contributed by atoms with Gasteiger partial charge in [0.05, 0.1) is 19.8 Å². The molecule has 114 valence electrons. The maximum Gasteiger partial charge on any atom is 0.135 e. The Balaban J connectivity index is 3.08. The maximum absolute atomic E-state index is 9.37. The molecule has 0 saturated carbocycles. The summed E-state index contributed by atoms with van der Waals surface area (Å²) in [4.78, 5) is 8.60. The van der Waals surface area contributed by atoms with Crippen molar-refractivity contribution in [1.82, 2.24) is 9.97 Å². The Morgan fingerprint density at radius 1 is 1.00 bits per heavy atom. The van der Waals surface area contributed by atoms with E-state index in [0.29, 0.717) is 17.5 Å². The summed E-state index contributed by atoms with van der Waals surface area (Å²) >= 11 is 0. The number of hydrogen-bond donors (Lipinski definition) is 5. The van der Waals surface area contributed by atoms with E-state index >= 15 is 0 Å². The van der Waals surface area contributed by atoms with Crippen molar-refractivity contribution in [1.29, 1.82) is 0 Å². The average Bonchev–Trinajstić information content (AvgIpc) is 2.46. The third-order valence-electron chi connectivity index (χ3n) is 3.09. The van der Waals surface area contributed by atoms with E-state index in [9.17, 15) is 15.3 Å². The molecule has 0 spiro atoms. The average molecular weight is 284 g/mol. The third-order valence-corrected chi connectivity index (χ3v) is 3.09. The minimum absolute atomic E-state index is 0.403. The van der Waals surface area contributed by atoms with Crippen LogP contribution in [0.5, 0.6) is 0 Å². The molecule has 0 aliphatic rings. The topological polar surface area (TPSA) is 111 Å². The van der Waals surface area contributed by atoms with Crippen LogP contribution in [0.1, 0.15) is 24.7 Å². The van der Waals surface area contributed by atoms with Crippen LogP contribution in [-0.4, -0.2) is 57.2 Å². The second-order valence-electron chi connectivity index (χ2n) is 4.90. The molecule has 1 aromatic heterocycles. The standard InChI is InChI=1S/C13H24N4O3/c1-4-5-14-11-9(2)12(16-10(3)15-11)17-13(6-18,7-19)8-20/h18-20H,4-8H2,1-3H3,(H2,14,15,16,17). The van der Waals surface area contributed by atoms with Crippen molar-refractivity contribution in [2.45, 2.75) is 32.7 Å². The van der Waals surface area contributed by atoms with Crippen LogP contribution >= 0.6 is 0 Å². The molecule has 0 fully saturated rings. The van der Waals surface area contributed by atoms with Crippen LogP contribution in [0, 0.1) is 13.8 Å². The lowest BCUT2D eigenvalue weighted by molar-refractivity contribution is 0.0830. The number of aliphatic hydroxyl groups is 3. The fourth-order valence-corrected chi connectivity index (χ4v) is 1.69. The van der Waals surface area contributed by atoms with Crippen LogP contribution in [0.3, 0.4) is 0 Å². The lowest BCUT2D eigenvalue weighted by Crippen LogP contribution is -2.49. The first kappa shape index (κ1) is 16.6. The third kappa shape index (κ3) is 3.78. The van der Waals surface area contributed by atoms with Gasteiger partial charge in [0.15, 0.2) is 0 Å². The molecule has 1 heterocycles. The van der Waals surface area contributed by atoms with Gasteiger partial charge < -0.3 is 26.0 Å². The van der Waals surface area contributed by atoms with Crippen molar-refractivity contribution >= 4 is 11.6 Å². The summed E-state index contributed by atoms with van der Waals surface area (Å²) in [7, 11) is 0. The van der Waals surface area contributed by atoms with Crippen molar-refractivity contribution in [2.24, 2.45) is 0 Å². The van der Waals surface area contributed by atoms with E-state index in [1.54, 1.807) is 6.92 Å². The molecule has 1 rings (SSSR count). The summed E-state index contributed by atoms with van der Waals surface area (Å²) in [5.41, 5.74) is -0.420. The number of nitrogens with zero attached hydrogens (tertiary/aromatic N) is 2. The fraction of sp³-hybridized carbons (Fsp3) is 0.692. The van der Waals surface area contributed by atoms with Crippen LogP contribution in [0.2, 0.25) is 0 Å². The molecule has 20 heavy (non-hydrogen) atoms. The van der Waals surface area contributed by atoms with Gasteiger partial charge in [0.2, 0.25) is 0 Å². The highest BCUT2D eigenvalue weighted by Gasteiger charge is 2.29. The van der Waals surface area contributed by atoms with Crippen molar-refractivity contribution < 1.29 is 15.3 Å². The summed E-state index contributed by atoms with van der Waals surface area (Å²) in [6, 6.07) is 0. The molecule has 0 aliphatic carbocycles. The molecular weight excluding hydrogens is 260 g/mol. The van der Waals surface area contributed by atoms with Crippen molar-refractivity contribution in [3.05, 3.63) is 11.4 Å². The molecular formula is C13H24N4O3.